The van der Waals surface area contributed by atoms with E-state index in [2.05, 4.69) is 9.88 Å². The highest BCUT2D eigenvalue weighted by Crippen LogP contribution is 2.27. The van der Waals surface area contributed by atoms with Gasteiger partial charge in [-0.05, 0) is 5.92 Å². The van der Waals surface area contributed by atoms with Crippen molar-refractivity contribution in [1.29, 1.82) is 0 Å². The Kier molecular flexibility index (Phi) is 2.76. The third-order valence-corrected chi connectivity index (χ3v) is 3.02. The van der Waals surface area contributed by atoms with Crippen LogP contribution in [0.4, 0.5) is 0 Å². The van der Waals surface area contributed by atoms with Crippen LogP contribution < -0.4 is 4.72 Å². The first-order valence-electron chi connectivity index (χ1n) is 4.61. The zero-order chi connectivity index (χ0) is 8.23. The van der Waals surface area contributed by atoms with Crippen LogP contribution >= 0.6 is 12.2 Å². The van der Waals surface area contributed by atoms with Crippen LogP contribution in [-0.2, 0) is 4.28 Å². The van der Waals surface area contributed by atoms with E-state index >= 15 is 0 Å². The van der Waals surface area contributed by atoms with Gasteiger partial charge in [0, 0.05) is 6.42 Å². The van der Waals surface area contributed by atoms with E-state index in [0.717, 1.165) is 18.2 Å². The summed E-state index contributed by atoms with van der Waals surface area (Å²) in [6.07, 6.45) is 8.02. The molecule has 3 nitrogen and oxygen atoms in total. The van der Waals surface area contributed by atoms with E-state index < -0.39 is 0 Å². The second kappa shape index (κ2) is 4.03. The van der Waals surface area contributed by atoms with Crippen molar-refractivity contribution in [3.63, 3.8) is 0 Å². The van der Waals surface area contributed by atoms with Crippen molar-refractivity contribution < 1.29 is 4.28 Å². The number of hydrogen-bond acceptors (Lipinski definition) is 4. The Morgan fingerprint density at radius 2 is 2.25 bits per heavy atom. The van der Waals surface area contributed by atoms with Crippen LogP contribution in [0, 0.1) is 5.92 Å². The Balaban J connectivity index is 1.77. The summed E-state index contributed by atoms with van der Waals surface area (Å²) in [5, 5.41) is 3.90. The Morgan fingerprint density at radius 1 is 1.42 bits per heavy atom. The summed E-state index contributed by atoms with van der Waals surface area (Å²) in [7, 11) is 0. The molecule has 0 aromatic carbocycles. The van der Waals surface area contributed by atoms with Crippen LogP contribution in [0.3, 0.4) is 0 Å². The molecule has 0 unspecified atom stereocenters. The molecule has 1 heterocycles. The van der Waals surface area contributed by atoms with Crippen LogP contribution in [0.5, 0.6) is 0 Å². The normalized spacial score (nSPS) is 24.5. The first kappa shape index (κ1) is 8.23. The second-order valence-corrected chi connectivity index (χ2v) is 4.03. The standard InChI is InChI=1S/C8H14N2OS/c1-2-4-7(5-3-1)6-8-9-11-12-10-8/h7H,1-6H2,(H,9,10). The smallest absolute Gasteiger partial charge is 0.208 e. The fraction of sp³-hybridized carbons (Fsp3) is 0.875. The van der Waals surface area contributed by atoms with Gasteiger partial charge in [0.05, 0.1) is 0 Å². The number of oxime groups is 1. The third-order valence-electron chi connectivity index (χ3n) is 2.55. The van der Waals surface area contributed by atoms with Crippen molar-refractivity contribution in [3.8, 4) is 0 Å². The Labute approximate surface area is 77.3 Å². The lowest BCUT2D eigenvalue weighted by atomic mass is 9.87. The van der Waals surface area contributed by atoms with Gasteiger partial charge in [-0.1, -0.05) is 37.3 Å². The SMILES string of the molecule is C1CCC(CC2=NOSN2)CC1. The fourth-order valence-corrected chi connectivity index (χ4v) is 2.27. The zero-order valence-electron chi connectivity index (χ0n) is 7.08. The first-order valence-corrected chi connectivity index (χ1v) is 5.35. The topological polar surface area (TPSA) is 33.6 Å². The molecule has 2 aliphatic rings. The summed E-state index contributed by atoms with van der Waals surface area (Å²) >= 11 is 1.22. The van der Waals surface area contributed by atoms with Crippen molar-refractivity contribution >= 4 is 18.1 Å². The maximum Gasteiger partial charge on any atom is 0.208 e. The van der Waals surface area contributed by atoms with Gasteiger partial charge in [-0.2, -0.15) is 0 Å². The molecule has 0 saturated heterocycles. The van der Waals surface area contributed by atoms with Gasteiger partial charge in [0.2, 0.25) is 12.2 Å². The van der Waals surface area contributed by atoms with Gasteiger partial charge in [-0.3, -0.25) is 9.01 Å². The maximum absolute atomic E-state index is 4.79. The molecule has 1 aliphatic heterocycles. The summed E-state index contributed by atoms with van der Waals surface area (Å²) in [6, 6.07) is 0. The summed E-state index contributed by atoms with van der Waals surface area (Å²) in [5.74, 6) is 1.86. The Hall–Kier alpha value is -0.380. The van der Waals surface area contributed by atoms with Crippen LogP contribution in [-0.4, -0.2) is 5.84 Å². The highest BCUT2D eigenvalue weighted by molar-refractivity contribution is 7.93. The van der Waals surface area contributed by atoms with Crippen molar-refractivity contribution in [2.75, 3.05) is 0 Å². The molecule has 0 bridgehead atoms. The van der Waals surface area contributed by atoms with Crippen LogP contribution in [0.15, 0.2) is 5.16 Å². The second-order valence-electron chi connectivity index (χ2n) is 3.51. The number of rotatable bonds is 2. The molecule has 0 amide bonds. The molecule has 1 saturated carbocycles. The highest BCUT2D eigenvalue weighted by Gasteiger charge is 2.18. The average Bonchev–Trinajstić information content (AvgIpc) is 2.59. The fourth-order valence-electron chi connectivity index (χ4n) is 1.89. The molecular weight excluding hydrogens is 172 g/mol. The summed E-state index contributed by atoms with van der Waals surface area (Å²) < 4.78 is 7.84. The number of hydrogen-bond donors (Lipinski definition) is 1. The lowest BCUT2D eigenvalue weighted by Gasteiger charge is -2.20. The lowest BCUT2D eigenvalue weighted by molar-refractivity contribution is 0.362. The molecular formula is C8H14N2OS. The molecule has 4 heteroatoms. The minimum Gasteiger partial charge on any atom is -0.297 e. The molecule has 1 N–H and O–H groups in total. The van der Waals surface area contributed by atoms with E-state index in [4.69, 9.17) is 4.28 Å². The van der Waals surface area contributed by atoms with E-state index in [1.807, 2.05) is 0 Å². The Morgan fingerprint density at radius 3 is 2.92 bits per heavy atom. The molecule has 0 aromatic rings. The van der Waals surface area contributed by atoms with Crippen LogP contribution in [0.1, 0.15) is 38.5 Å². The maximum atomic E-state index is 4.79. The van der Waals surface area contributed by atoms with Gasteiger partial charge in [-0.25, -0.2) is 0 Å². The van der Waals surface area contributed by atoms with Gasteiger partial charge < -0.3 is 0 Å². The number of nitrogens with zero attached hydrogens (tertiary/aromatic N) is 1. The number of nitrogens with one attached hydrogen (secondary N) is 1. The molecule has 1 aliphatic carbocycles. The number of amidine groups is 1. The van der Waals surface area contributed by atoms with Crippen molar-refractivity contribution in [3.05, 3.63) is 0 Å². The minimum absolute atomic E-state index is 0.840. The van der Waals surface area contributed by atoms with Gasteiger partial charge in [-0.15, -0.1) is 0 Å². The molecule has 0 atom stereocenters. The molecule has 1 fully saturated rings. The minimum atomic E-state index is 0.840. The third kappa shape index (κ3) is 2.06. The van der Waals surface area contributed by atoms with E-state index in [9.17, 15) is 0 Å². The van der Waals surface area contributed by atoms with E-state index in [1.165, 1.54) is 44.3 Å². The first-order chi connectivity index (χ1) is 5.95. The molecule has 0 aromatic heterocycles. The van der Waals surface area contributed by atoms with Gasteiger partial charge >= 0.3 is 0 Å². The average molecular weight is 186 g/mol. The van der Waals surface area contributed by atoms with Crippen LogP contribution in [0.25, 0.3) is 0 Å². The predicted molar refractivity (Wildman–Crippen MR) is 50.4 cm³/mol. The largest absolute Gasteiger partial charge is 0.297 e. The molecule has 68 valence electrons. The predicted octanol–water partition coefficient (Wildman–Crippen LogP) is 2.45. The quantitative estimate of drug-likeness (QED) is 0.531. The van der Waals surface area contributed by atoms with Crippen LogP contribution in [0.2, 0.25) is 0 Å². The summed E-state index contributed by atoms with van der Waals surface area (Å²) in [6.45, 7) is 0. The molecule has 2 rings (SSSR count). The summed E-state index contributed by atoms with van der Waals surface area (Å²) in [4.78, 5) is 0. The van der Waals surface area contributed by atoms with E-state index in [1.54, 1.807) is 0 Å². The Bertz CT molecular complexity index is 178. The van der Waals surface area contributed by atoms with Crippen molar-refractivity contribution in [2.24, 2.45) is 11.1 Å². The highest BCUT2D eigenvalue weighted by atomic mass is 32.2. The molecule has 12 heavy (non-hydrogen) atoms. The van der Waals surface area contributed by atoms with Crippen molar-refractivity contribution in [2.45, 2.75) is 38.5 Å². The van der Waals surface area contributed by atoms with Gasteiger partial charge in [0.15, 0.2) is 5.84 Å². The zero-order valence-corrected chi connectivity index (χ0v) is 7.90. The van der Waals surface area contributed by atoms with Crippen molar-refractivity contribution in [1.82, 2.24) is 4.72 Å². The van der Waals surface area contributed by atoms with Gasteiger partial charge in [0.25, 0.3) is 0 Å². The van der Waals surface area contributed by atoms with Gasteiger partial charge in [0.1, 0.15) is 0 Å². The monoisotopic (exact) mass is 186 g/mol. The van der Waals surface area contributed by atoms with E-state index in [0.29, 0.717) is 0 Å². The molecule has 0 radical (unpaired) electrons. The van der Waals surface area contributed by atoms with E-state index in [-0.39, 0.29) is 0 Å². The molecule has 0 spiro atoms. The lowest BCUT2D eigenvalue weighted by Crippen LogP contribution is -2.18. The summed E-state index contributed by atoms with van der Waals surface area (Å²) in [5.41, 5.74) is 0.